The monoisotopic (exact) mass is 678 g/mol. The molecule has 0 aliphatic rings. The Morgan fingerprint density at radius 1 is 0.588 bits per heavy atom. The number of halogens is 2. The highest BCUT2D eigenvalue weighted by Gasteiger charge is 2.28. The van der Waals surface area contributed by atoms with Crippen LogP contribution in [0.1, 0.15) is 52.9 Å². The van der Waals surface area contributed by atoms with Crippen molar-refractivity contribution in [2.75, 3.05) is 0 Å². The van der Waals surface area contributed by atoms with Crippen molar-refractivity contribution >= 4 is 56.8 Å². The first-order valence-corrected chi connectivity index (χ1v) is 13.2. The molecule has 2 heterocycles. The van der Waals surface area contributed by atoms with E-state index in [0.29, 0.717) is 11.6 Å². The number of nitrogens with zero attached hydrogens (tertiary/aromatic N) is 6. The second-order valence-electron chi connectivity index (χ2n) is 10.2. The molecule has 0 unspecified atom stereocenters. The van der Waals surface area contributed by atoms with Crippen molar-refractivity contribution in [1.29, 1.82) is 0 Å². The van der Waals surface area contributed by atoms with E-state index in [4.69, 9.17) is 20.4 Å². The van der Waals surface area contributed by atoms with Gasteiger partial charge in [0, 0.05) is 10.8 Å². The Kier molecular flexibility index (Phi) is 7.01. The lowest BCUT2D eigenvalue weighted by Crippen LogP contribution is -2.14. The lowest BCUT2D eigenvalue weighted by atomic mass is 9.92. The molecule has 2 aromatic carbocycles. The number of azo groups is 1. The number of hydrogen-bond acceptors (Lipinski definition) is 4. The van der Waals surface area contributed by atoms with E-state index < -0.39 is 0 Å². The third-order valence-electron chi connectivity index (χ3n) is 5.27. The molecule has 176 valence electrons. The Morgan fingerprint density at radius 3 is 1.21 bits per heavy atom. The summed E-state index contributed by atoms with van der Waals surface area (Å²) in [6.45, 7) is 13.0. The average Bonchev–Trinajstić information content (AvgIpc) is 3.30. The zero-order valence-electron chi connectivity index (χ0n) is 20.2. The van der Waals surface area contributed by atoms with Crippen molar-refractivity contribution < 1.29 is 0 Å². The zero-order valence-corrected chi connectivity index (χ0v) is 24.5. The minimum Gasteiger partial charge on any atom is -0.212 e. The Balaban J connectivity index is 1.91. The van der Waals surface area contributed by atoms with Crippen LogP contribution in [0.5, 0.6) is 0 Å². The average molecular weight is 678 g/mol. The molecule has 0 aliphatic heterocycles. The second-order valence-corrected chi connectivity index (χ2v) is 12.3. The molecule has 0 bridgehead atoms. The third-order valence-corrected chi connectivity index (χ3v) is 7.26. The Labute approximate surface area is 228 Å². The van der Waals surface area contributed by atoms with Crippen molar-refractivity contribution in [2.24, 2.45) is 10.2 Å². The normalized spacial score (nSPS) is 12.6. The number of hydrogen-bond donors (Lipinski definition) is 0. The van der Waals surface area contributed by atoms with Crippen molar-refractivity contribution in [1.82, 2.24) is 19.6 Å². The molecule has 0 fully saturated rings. The molecule has 0 amide bonds. The topological polar surface area (TPSA) is 60.4 Å². The van der Waals surface area contributed by atoms with Gasteiger partial charge in [0.1, 0.15) is 0 Å². The SMILES string of the molecule is CC(C)(C)c1nn(-c2ccccc2)c(/N=N/c2c(I)c(C(C)(C)C)nn2-c2ccccc2)c1I. The van der Waals surface area contributed by atoms with Crippen LogP contribution in [0, 0.1) is 7.14 Å². The van der Waals surface area contributed by atoms with Gasteiger partial charge >= 0.3 is 0 Å². The van der Waals surface area contributed by atoms with Crippen molar-refractivity contribution in [3.63, 3.8) is 0 Å². The third kappa shape index (κ3) is 4.98. The smallest absolute Gasteiger partial charge is 0.191 e. The van der Waals surface area contributed by atoms with E-state index in [1.165, 1.54) is 0 Å². The summed E-state index contributed by atoms with van der Waals surface area (Å²) in [7, 11) is 0. The molecule has 0 aliphatic carbocycles. The predicted octanol–water partition coefficient (Wildman–Crippen LogP) is 8.28. The number of para-hydroxylation sites is 2. The molecule has 2 aromatic heterocycles. The Hall–Kier alpha value is -2.08. The highest BCUT2D eigenvalue weighted by atomic mass is 127. The van der Waals surface area contributed by atoms with Crippen LogP contribution >= 0.6 is 45.2 Å². The van der Waals surface area contributed by atoms with Crippen molar-refractivity contribution in [2.45, 2.75) is 52.4 Å². The number of benzene rings is 2. The van der Waals surface area contributed by atoms with Crippen LogP contribution in [-0.4, -0.2) is 19.6 Å². The molecule has 0 atom stereocenters. The molecule has 0 N–H and O–H groups in total. The summed E-state index contributed by atoms with van der Waals surface area (Å²) in [5.74, 6) is 1.43. The van der Waals surface area contributed by atoms with Crippen LogP contribution in [0.25, 0.3) is 11.4 Å². The highest BCUT2D eigenvalue weighted by molar-refractivity contribution is 14.1. The fourth-order valence-corrected chi connectivity index (χ4v) is 6.01. The van der Waals surface area contributed by atoms with E-state index in [9.17, 15) is 0 Å². The van der Waals surface area contributed by atoms with E-state index in [1.807, 2.05) is 70.0 Å². The van der Waals surface area contributed by atoms with Crippen molar-refractivity contribution in [3.05, 3.63) is 79.2 Å². The first-order chi connectivity index (χ1) is 16.0. The van der Waals surface area contributed by atoms with Gasteiger partial charge < -0.3 is 0 Å². The maximum Gasteiger partial charge on any atom is 0.191 e. The minimum atomic E-state index is -0.125. The fraction of sp³-hybridized carbons (Fsp3) is 0.308. The molecule has 34 heavy (non-hydrogen) atoms. The van der Waals surface area contributed by atoms with Gasteiger partial charge in [0.2, 0.25) is 0 Å². The van der Waals surface area contributed by atoms with Gasteiger partial charge in [-0.05, 0) is 69.4 Å². The van der Waals surface area contributed by atoms with Crippen molar-refractivity contribution in [3.8, 4) is 11.4 Å². The summed E-state index contributed by atoms with van der Waals surface area (Å²) in [6, 6.07) is 20.1. The summed E-state index contributed by atoms with van der Waals surface area (Å²) in [5.41, 5.74) is 3.64. The maximum absolute atomic E-state index is 4.94. The molecule has 0 radical (unpaired) electrons. The van der Waals surface area contributed by atoms with Gasteiger partial charge in [-0.1, -0.05) is 77.9 Å². The summed E-state index contributed by atoms with van der Waals surface area (Å²) in [6.07, 6.45) is 0. The van der Waals surface area contributed by atoms with Crippen LogP contribution in [0.15, 0.2) is 70.9 Å². The van der Waals surface area contributed by atoms with Gasteiger partial charge in [-0.15, -0.1) is 10.2 Å². The molecule has 6 nitrogen and oxygen atoms in total. The molecule has 4 rings (SSSR count). The summed E-state index contributed by atoms with van der Waals surface area (Å²) in [5, 5.41) is 19.4. The minimum absolute atomic E-state index is 0.125. The molecular formula is C26H28I2N6. The van der Waals surface area contributed by atoms with Gasteiger partial charge in [-0.3, -0.25) is 0 Å². The van der Waals surface area contributed by atoms with Gasteiger partial charge in [0.05, 0.1) is 29.9 Å². The van der Waals surface area contributed by atoms with Gasteiger partial charge in [0.25, 0.3) is 0 Å². The molecule has 0 spiro atoms. The van der Waals surface area contributed by atoms with Gasteiger partial charge in [-0.2, -0.15) is 10.2 Å². The van der Waals surface area contributed by atoms with E-state index in [-0.39, 0.29) is 10.8 Å². The molecular weight excluding hydrogens is 650 g/mol. The Bertz CT molecular complexity index is 1220. The van der Waals surface area contributed by atoms with E-state index in [2.05, 4.69) is 86.7 Å². The summed E-state index contributed by atoms with van der Waals surface area (Å²) >= 11 is 4.68. The standard InChI is InChI=1S/C26H28I2N6/c1-25(2,3)21-19(27)23(33(31-21)17-13-9-7-10-14-17)29-30-24-20(28)22(26(4,5)6)32-34(24)18-15-11-8-12-16-18/h7-16H,1-6H3/b30-29+. The Morgan fingerprint density at radius 2 is 0.912 bits per heavy atom. The van der Waals surface area contributed by atoms with E-state index >= 15 is 0 Å². The van der Waals surface area contributed by atoms with Crippen LogP contribution in [0.3, 0.4) is 0 Å². The van der Waals surface area contributed by atoms with Crippen LogP contribution in [0.4, 0.5) is 11.6 Å². The second kappa shape index (κ2) is 9.52. The lowest BCUT2D eigenvalue weighted by Gasteiger charge is -2.15. The van der Waals surface area contributed by atoms with Crippen LogP contribution in [0.2, 0.25) is 0 Å². The quantitative estimate of drug-likeness (QED) is 0.161. The zero-order chi connectivity index (χ0) is 24.7. The molecule has 0 saturated heterocycles. The van der Waals surface area contributed by atoms with Crippen LogP contribution < -0.4 is 0 Å². The van der Waals surface area contributed by atoms with Gasteiger partial charge in [0.15, 0.2) is 11.6 Å². The number of aromatic nitrogens is 4. The fourth-order valence-electron chi connectivity index (χ4n) is 3.50. The first-order valence-electron chi connectivity index (χ1n) is 11.1. The summed E-state index contributed by atoms with van der Waals surface area (Å²) < 4.78 is 5.75. The molecule has 0 saturated carbocycles. The maximum atomic E-state index is 4.94. The largest absolute Gasteiger partial charge is 0.212 e. The molecule has 4 aromatic rings. The lowest BCUT2D eigenvalue weighted by molar-refractivity contribution is 0.557. The van der Waals surface area contributed by atoms with Gasteiger partial charge in [-0.25, -0.2) is 9.36 Å². The molecule has 8 heteroatoms. The van der Waals surface area contributed by atoms with E-state index in [0.717, 1.165) is 29.9 Å². The first kappa shape index (κ1) is 25.0. The number of rotatable bonds is 4. The van der Waals surface area contributed by atoms with E-state index in [1.54, 1.807) is 0 Å². The summed E-state index contributed by atoms with van der Waals surface area (Å²) in [4.78, 5) is 0. The van der Waals surface area contributed by atoms with Crippen LogP contribution in [-0.2, 0) is 10.8 Å². The highest BCUT2D eigenvalue weighted by Crippen LogP contribution is 2.38. The predicted molar refractivity (Wildman–Crippen MR) is 154 cm³/mol.